The van der Waals surface area contributed by atoms with Gasteiger partial charge >= 0.3 is 11.6 Å². The second kappa shape index (κ2) is 4.41. The van der Waals surface area contributed by atoms with Gasteiger partial charge < -0.3 is 14.8 Å². The van der Waals surface area contributed by atoms with E-state index in [9.17, 15) is 14.4 Å². The summed E-state index contributed by atoms with van der Waals surface area (Å²) in [5.41, 5.74) is -0.472. The molecule has 0 aliphatic heterocycles. The summed E-state index contributed by atoms with van der Waals surface area (Å²) >= 11 is 0. The molecule has 0 aromatic carbocycles. The summed E-state index contributed by atoms with van der Waals surface area (Å²) in [7, 11) is 0. The van der Waals surface area contributed by atoms with Crippen LogP contribution in [0.15, 0.2) is 27.6 Å². The highest BCUT2D eigenvalue weighted by Gasteiger charge is 2.15. The van der Waals surface area contributed by atoms with E-state index in [0.717, 1.165) is 12.3 Å². The quantitative estimate of drug-likeness (QED) is 0.724. The van der Waals surface area contributed by atoms with Crippen LogP contribution in [0.4, 0.5) is 0 Å². The van der Waals surface area contributed by atoms with Gasteiger partial charge in [-0.1, -0.05) is 0 Å². The summed E-state index contributed by atoms with van der Waals surface area (Å²) in [6.07, 6.45) is 0.978. The normalized spacial score (nSPS) is 11.8. The molecule has 6 heteroatoms. The van der Waals surface area contributed by atoms with Crippen molar-refractivity contribution >= 4 is 11.9 Å². The van der Waals surface area contributed by atoms with Gasteiger partial charge in [-0.3, -0.25) is 9.59 Å². The van der Waals surface area contributed by atoms with Gasteiger partial charge in [0.05, 0.1) is 5.56 Å². The summed E-state index contributed by atoms with van der Waals surface area (Å²) in [5.74, 6) is -1.74. The van der Waals surface area contributed by atoms with Crippen molar-refractivity contribution in [3.8, 4) is 0 Å². The predicted molar refractivity (Wildman–Crippen MR) is 49.5 cm³/mol. The average Bonchev–Trinajstić information content (AvgIpc) is 2.18. The zero-order chi connectivity index (χ0) is 11.4. The number of nitrogens with one attached hydrogen (secondary N) is 1. The standard InChI is InChI=1S/C9H9NO5/c1-5(9(13)14)10-8(12)6-2-3-7(11)15-4-6/h2-5H,1H3,(H,10,12)(H,13,14). The molecule has 0 bridgehead atoms. The lowest BCUT2D eigenvalue weighted by atomic mass is 10.2. The van der Waals surface area contributed by atoms with Crippen molar-refractivity contribution in [2.75, 3.05) is 0 Å². The molecule has 1 atom stereocenters. The zero-order valence-corrected chi connectivity index (χ0v) is 7.89. The fourth-order valence-corrected chi connectivity index (χ4v) is 0.829. The Hall–Kier alpha value is -2.11. The van der Waals surface area contributed by atoms with Crippen LogP contribution in [-0.2, 0) is 4.79 Å². The summed E-state index contributed by atoms with van der Waals surface area (Å²) in [4.78, 5) is 32.3. The molecule has 0 radical (unpaired) electrons. The molecule has 1 aromatic heterocycles. The number of aliphatic carboxylic acids is 1. The molecular formula is C9H9NO5. The molecule has 0 aliphatic rings. The Morgan fingerprint density at radius 2 is 2.13 bits per heavy atom. The Balaban J connectivity index is 2.73. The minimum Gasteiger partial charge on any atom is -0.480 e. The lowest BCUT2D eigenvalue weighted by Crippen LogP contribution is -2.38. The molecule has 1 rings (SSSR count). The van der Waals surface area contributed by atoms with Crippen LogP contribution in [0.1, 0.15) is 17.3 Å². The number of carbonyl (C=O) groups excluding carboxylic acids is 1. The molecule has 2 N–H and O–H groups in total. The Kier molecular flexibility index (Phi) is 3.22. The zero-order valence-electron chi connectivity index (χ0n) is 7.89. The number of rotatable bonds is 3. The number of hydrogen-bond donors (Lipinski definition) is 2. The van der Waals surface area contributed by atoms with Crippen LogP contribution in [0.2, 0.25) is 0 Å². The number of hydrogen-bond acceptors (Lipinski definition) is 4. The van der Waals surface area contributed by atoms with Crippen molar-refractivity contribution in [2.45, 2.75) is 13.0 Å². The highest BCUT2D eigenvalue weighted by Crippen LogP contribution is 1.96. The van der Waals surface area contributed by atoms with E-state index in [-0.39, 0.29) is 5.56 Å². The van der Waals surface area contributed by atoms with Gasteiger partial charge in [0.2, 0.25) is 0 Å². The number of carboxylic acids is 1. The second-order valence-electron chi connectivity index (χ2n) is 2.88. The molecule has 0 aliphatic carbocycles. The predicted octanol–water partition coefficient (Wildman–Crippen LogP) is -0.157. The molecule has 0 saturated carbocycles. The van der Waals surface area contributed by atoms with E-state index in [1.165, 1.54) is 13.0 Å². The van der Waals surface area contributed by atoms with Gasteiger partial charge in [-0.25, -0.2) is 4.79 Å². The molecule has 1 amide bonds. The molecule has 0 saturated heterocycles. The summed E-state index contributed by atoms with van der Waals surface area (Å²) in [5, 5.41) is 10.7. The van der Waals surface area contributed by atoms with Crippen molar-refractivity contribution in [1.82, 2.24) is 5.32 Å². The lowest BCUT2D eigenvalue weighted by Gasteiger charge is -2.07. The smallest absolute Gasteiger partial charge is 0.335 e. The first kappa shape index (κ1) is 11.0. The van der Waals surface area contributed by atoms with Crippen molar-refractivity contribution in [1.29, 1.82) is 0 Å². The molecular weight excluding hydrogens is 202 g/mol. The second-order valence-corrected chi connectivity index (χ2v) is 2.88. The van der Waals surface area contributed by atoms with E-state index >= 15 is 0 Å². The van der Waals surface area contributed by atoms with Gasteiger partial charge in [-0.05, 0) is 13.0 Å². The van der Waals surface area contributed by atoms with E-state index in [1.807, 2.05) is 0 Å². The number of carbonyl (C=O) groups is 2. The summed E-state index contributed by atoms with van der Waals surface area (Å²) in [6, 6.07) is 1.35. The van der Waals surface area contributed by atoms with Gasteiger partial charge in [-0.15, -0.1) is 0 Å². The Morgan fingerprint density at radius 1 is 1.47 bits per heavy atom. The van der Waals surface area contributed by atoms with Crippen LogP contribution >= 0.6 is 0 Å². The van der Waals surface area contributed by atoms with Gasteiger partial charge in [0.25, 0.3) is 5.91 Å². The van der Waals surface area contributed by atoms with Crippen LogP contribution in [0.3, 0.4) is 0 Å². The van der Waals surface area contributed by atoms with Crippen LogP contribution in [0.25, 0.3) is 0 Å². The van der Waals surface area contributed by atoms with Gasteiger partial charge in [-0.2, -0.15) is 0 Å². The fourth-order valence-electron chi connectivity index (χ4n) is 0.829. The fraction of sp³-hybridized carbons (Fsp3) is 0.222. The van der Waals surface area contributed by atoms with Crippen molar-refractivity contribution in [3.05, 3.63) is 34.4 Å². The van der Waals surface area contributed by atoms with Crippen LogP contribution < -0.4 is 10.9 Å². The monoisotopic (exact) mass is 211 g/mol. The van der Waals surface area contributed by atoms with Crippen molar-refractivity contribution < 1.29 is 19.1 Å². The minimum atomic E-state index is -1.14. The van der Waals surface area contributed by atoms with E-state index in [1.54, 1.807) is 0 Å². The molecule has 15 heavy (non-hydrogen) atoms. The van der Waals surface area contributed by atoms with Crippen LogP contribution in [0, 0.1) is 0 Å². The topological polar surface area (TPSA) is 96.6 Å². The first-order chi connectivity index (χ1) is 7.00. The molecule has 0 fully saturated rings. The summed E-state index contributed by atoms with van der Waals surface area (Å²) in [6.45, 7) is 1.33. The largest absolute Gasteiger partial charge is 0.480 e. The first-order valence-corrected chi connectivity index (χ1v) is 4.13. The Labute approximate surface area is 84.5 Å². The maximum Gasteiger partial charge on any atom is 0.335 e. The van der Waals surface area contributed by atoms with Crippen molar-refractivity contribution in [2.24, 2.45) is 0 Å². The van der Waals surface area contributed by atoms with E-state index in [4.69, 9.17) is 5.11 Å². The Bertz CT molecular complexity index is 416. The van der Waals surface area contributed by atoms with Crippen LogP contribution in [-0.4, -0.2) is 23.0 Å². The van der Waals surface area contributed by atoms with Gasteiger partial charge in [0.1, 0.15) is 12.3 Å². The average molecular weight is 211 g/mol. The molecule has 1 aromatic rings. The maximum atomic E-state index is 11.3. The summed E-state index contributed by atoms with van der Waals surface area (Å²) < 4.78 is 4.46. The third kappa shape index (κ3) is 2.94. The SMILES string of the molecule is CC(NC(=O)c1ccc(=O)oc1)C(=O)O. The highest BCUT2D eigenvalue weighted by atomic mass is 16.4. The lowest BCUT2D eigenvalue weighted by molar-refractivity contribution is -0.138. The molecule has 0 spiro atoms. The first-order valence-electron chi connectivity index (χ1n) is 4.13. The molecule has 80 valence electrons. The number of amides is 1. The van der Waals surface area contributed by atoms with Gasteiger partial charge in [0.15, 0.2) is 0 Å². The molecule has 6 nitrogen and oxygen atoms in total. The maximum absolute atomic E-state index is 11.3. The molecule has 1 unspecified atom stereocenters. The van der Waals surface area contributed by atoms with Gasteiger partial charge in [0, 0.05) is 6.07 Å². The molecule has 1 heterocycles. The Morgan fingerprint density at radius 3 is 2.60 bits per heavy atom. The van der Waals surface area contributed by atoms with E-state index in [2.05, 4.69) is 9.73 Å². The van der Waals surface area contributed by atoms with E-state index in [0.29, 0.717) is 0 Å². The third-order valence-electron chi connectivity index (χ3n) is 1.68. The third-order valence-corrected chi connectivity index (χ3v) is 1.68. The minimum absolute atomic E-state index is 0.0997. The van der Waals surface area contributed by atoms with Crippen molar-refractivity contribution in [3.63, 3.8) is 0 Å². The number of carboxylic acid groups (broad SMARTS) is 1. The highest BCUT2D eigenvalue weighted by molar-refractivity contribution is 5.95. The van der Waals surface area contributed by atoms with Crippen LogP contribution in [0.5, 0.6) is 0 Å². The van der Waals surface area contributed by atoms with E-state index < -0.39 is 23.5 Å².